The predicted octanol–water partition coefficient (Wildman–Crippen LogP) is 6.36. The topological polar surface area (TPSA) is 97.6 Å². The summed E-state index contributed by atoms with van der Waals surface area (Å²) < 4.78 is 41.0. The number of hydrogen-bond acceptors (Lipinski definition) is 8. The van der Waals surface area contributed by atoms with Gasteiger partial charge in [0.2, 0.25) is 5.95 Å². The van der Waals surface area contributed by atoms with Crippen molar-refractivity contribution in [1.29, 1.82) is 0 Å². The van der Waals surface area contributed by atoms with Crippen molar-refractivity contribution in [1.82, 2.24) is 24.4 Å². The van der Waals surface area contributed by atoms with Crippen molar-refractivity contribution in [2.75, 3.05) is 49.6 Å². The smallest absolute Gasteiger partial charge is 0.410 e. The Morgan fingerprint density at radius 3 is 2.35 bits per heavy atom. The average molecular weight is 632 g/mol. The van der Waals surface area contributed by atoms with E-state index in [1.165, 1.54) is 4.57 Å². The Hall–Kier alpha value is -4.32. The van der Waals surface area contributed by atoms with Gasteiger partial charge in [0.1, 0.15) is 18.2 Å². The minimum Gasteiger partial charge on any atom is -0.445 e. The number of nitrogens with one attached hydrogen (secondary N) is 1. The van der Waals surface area contributed by atoms with Crippen LogP contribution in [0.4, 0.5) is 25.3 Å². The molecule has 46 heavy (non-hydrogen) atoms. The molecule has 1 spiro atoms. The first kappa shape index (κ1) is 30.3. The number of imidazole rings is 1. The van der Waals surface area contributed by atoms with Crippen LogP contribution >= 0.6 is 0 Å². The summed E-state index contributed by atoms with van der Waals surface area (Å²) in [5.74, 6) is 1.12. The zero-order valence-electron chi connectivity index (χ0n) is 25.8. The fourth-order valence-electron chi connectivity index (χ4n) is 7.02. The number of nitrogens with zero attached hydrogens (tertiary/aromatic N) is 6. The van der Waals surface area contributed by atoms with Gasteiger partial charge in [-0.1, -0.05) is 42.5 Å². The molecule has 242 valence electrons. The third-order valence-electron chi connectivity index (χ3n) is 9.71. The van der Waals surface area contributed by atoms with E-state index in [1.807, 2.05) is 41.3 Å². The van der Waals surface area contributed by atoms with E-state index in [9.17, 15) is 13.6 Å². The third kappa shape index (κ3) is 6.48. The molecule has 10 nitrogen and oxygen atoms in total. The molecule has 3 fully saturated rings. The van der Waals surface area contributed by atoms with Crippen LogP contribution in [0.25, 0.3) is 16.9 Å². The van der Waals surface area contributed by atoms with Crippen LogP contribution in [0, 0.1) is 5.41 Å². The molecule has 1 amide bonds. The van der Waals surface area contributed by atoms with Crippen LogP contribution in [0.1, 0.15) is 56.3 Å². The Balaban J connectivity index is 1.03. The van der Waals surface area contributed by atoms with E-state index in [4.69, 9.17) is 19.4 Å². The number of ether oxygens (including phenoxy) is 2. The number of amides is 1. The number of anilines is 2. The van der Waals surface area contributed by atoms with Crippen LogP contribution in [-0.4, -0.2) is 75.9 Å². The van der Waals surface area contributed by atoms with Crippen LogP contribution in [0.3, 0.4) is 0 Å². The molecule has 2 aromatic carbocycles. The van der Waals surface area contributed by atoms with Crippen LogP contribution in [0.5, 0.6) is 0 Å². The van der Waals surface area contributed by atoms with E-state index in [1.54, 1.807) is 24.3 Å². The standard InChI is InChI=1S/C34H39F2N7O3/c35-30(36)31-38-26-8-4-5-9-27(26)43(31)29-22-28(41-18-20-45-21-19-41)39-32(40-29)37-25-10-12-34(13-11-25)14-16-42(17-15-34)33(44)46-23-24-6-2-1-3-7-24/h1-9,22,25,30H,10-21,23H2,(H,37,39,40). The van der Waals surface area contributed by atoms with Gasteiger partial charge in [-0.2, -0.15) is 9.97 Å². The Morgan fingerprint density at radius 2 is 1.61 bits per heavy atom. The lowest BCUT2D eigenvalue weighted by atomic mass is 9.67. The van der Waals surface area contributed by atoms with Gasteiger partial charge in [-0.05, 0) is 61.6 Å². The maximum Gasteiger partial charge on any atom is 0.410 e. The molecule has 0 bridgehead atoms. The van der Waals surface area contributed by atoms with Gasteiger partial charge in [0.25, 0.3) is 6.43 Å². The number of alkyl halides is 2. The van der Waals surface area contributed by atoms with E-state index in [0.717, 1.165) is 44.1 Å². The van der Waals surface area contributed by atoms with Crippen LogP contribution in [0.15, 0.2) is 60.7 Å². The lowest BCUT2D eigenvalue weighted by Gasteiger charge is -2.45. The minimum atomic E-state index is -2.77. The molecule has 0 radical (unpaired) electrons. The fourth-order valence-corrected chi connectivity index (χ4v) is 7.02. The molecule has 0 unspecified atom stereocenters. The number of fused-ring (bicyclic) bond motifs is 1. The van der Waals surface area contributed by atoms with Gasteiger partial charge in [0.05, 0.1) is 24.2 Å². The molecule has 4 heterocycles. The van der Waals surface area contributed by atoms with Crippen molar-refractivity contribution >= 4 is 28.9 Å². The number of rotatable bonds is 7. The molecule has 12 heteroatoms. The first-order valence-electron chi connectivity index (χ1n) is 16.2. The number of hydrogen-bond donors (Lipinski definition) is 1. The zero-order valence-corrected chi connectivity index (χ0v) is 25.8. The third-order valence-corrected chi connectivity index (χ3v) is 9.71. The number of aromatic nitrogens is 4. The highest BCUT2D eigenvalue weighted by molar-refractivity contribution is 5.78. The molecule has 1 saturated carbocycles. The maximum absolute atomic E-state index is 14.2. The van der Waals surface area contributed by atoms with Crippen LogP contribution < -0.4 is 10.2 Å². The van der Waals surface area contributed by atoms with Crippen LogP contribution in [-0.2, 0) is 16.1 Å². The number of morpholine rings is 1. The number of likely N-dealkylation sites (tertiary alicyclic amines) is 1. The van der Waals surface area contributed by atoms with Gasteiger partial charge in [-0.3, -0.25) is 4.57 Å². The van der Waals surface area contributed by atoms with E-state index in [-0.39, 0.29) is 30.0 Å². The normalized spacial score (nSPS) is 18.8. The highest BCUT2D eigenvalue weighted by Crippen LogP contribution is 2.45. The summed E-state index contributed by atoms with van der Waals surface area (Å²) in [6, 6.07) is 18.8. The molecule has 7 rings (SSSR count). The van der Waals surface area contributed by atoms with Crippen molar-refractivity contribution in [3.05, 3.63) is 72.1 Å². The number of halogens is 2. The highest BCUT2D eigenvalue weighted by atomic mass is 19.3. The fraction of sp³-hybridized carbons (Fsp3) is 0.471. The first-order chi connectivity index (χ1) is 22.5. The predicted molar refractivity (Wildman–Crippen MR) is 170 cm³/mol. The summed E-state index contributed by atoms with van der Waals surface area (Å²) in [6.45, 7) is 4.15. The Labute approximate surface area is 266 Å². The molecule has 2 saturated heterocycles. The number of piperidine rings is 1. The Morgan fingerprint density at radius 1 is 0.913 bits per heavy atom. The summed E-state index contributed by atoms with van der Waals surface area (Å²) in [7, 11) is 0. The average Bonchev–Trinajstić information content (AvgIpc) is 3.50. The summed E-state index contributed by atoms with van der Waals surface area (Å²) in [5.41, 5.74) is 2.25. The molecular weight excluding hydrogens is 592 g/mol. The highest BCUT2D eigenvalue weighted by Gasteiger charge is 2.39. The second-order valence-electron chi connectivity index (χ2n) is 12.5. The van der Waals surface area contributed by atoms with Crippen molar-refractivity contribution < 1.29 is 23.0 Å². The number of carbonyl (C=O) groups excluding carboxylic acids is 1. The zero-order chi connectivity index (χ0) is 31.5. The molecule has 0 atom stereocenters. The van der Waals surface area contributed by atoms with Gasteiger partial charge in [0, 0.05) is 38.3 Å². The monoisotopic (exact) mass is 631 g/mol. The van der Waals surface area contributed by atoms with Gasteiger partial charge in [0.15, 0.2) is 5.82 Å². The van der Waals surface area contributed by atoms with Crippen molar-refractivity contribution in [3.8, 4) is 5.82 Å². The van der Waals surface area contributed by atoms with Gasteiger partial charge in [-0.25, -0.2) is 18.6 Å². The van der Waals surface area contributed by atoms with E-state index >= 15 is 0 Å². The molecule has 1 aliphatic carbocycles. The number of benzene rings is 2. The minimum absolute atomic E-state index is 0.154. The Kier molecular flexibility index (Phi) is 8.70. The lowest BCUT2D eigenvalue weighted by Crippen LogP contribution is -2.45. The van der Waals surface area contributed by atoms with Gasteiger partial charge in [-0.15, -0.1) is 0 Å². The second kappa shape index (κ2) is 13.2. The largest absolute Gasteiger partial charge is 0.445 e. The molecule has 1 N–H and O–H groups in total. The van der Waals surface area contributed by atoms with Gasteiger partial charge >= 0.3 is 6.09 Å². The maximum atomic E-state index is 14.2. The quantitative estimate of drug-likeness (QED) is 0.252. The summed E-state index contributed by atoms with van der Waals surface area (Å²) in [5, 5.41) is 3.55. The SMILES string of the molecule is O=C(OCc1ccccc1)N1CCC2(CCC(Nc3nc(N4CCOCC4)cc(-n4c(C(F)F)nc5ccccc54)n3)CC2)CC1. The molecular formula is C34H39F2N7O3. The van der Waals surface area contributed by atoms with E-state index < -0.39 is 6.43 Å². The second-order valence-corrected chi connectivity index (χ2v) is 12.5. The number of carbonyl (C=O) groups is 1. The van der Waals surface area contributed by atoms with E-state index in [2.05, 4.69) is 15.2 Å². The number of para-hydroxylation sites is 2. The summed E-state index contributed by atoms with van der Waals surface area (Å²) in [6.07, 6.45) is 2.85. The molecule has 2 aliphatic heterocycles. The lowest BCUT2D eigenvalue weighted by molar-refractivity contribution is 0.0440. The summed E-state index contributed by atoms with van der Waals surface area (Å²) in [4.78, 5) is 30.5. The summed E-state index contributed by atoms with van der Waals surface area (Å²) >= 11 is 0. The van der Waals surface area contributed by atoms with Gasteiger partial charge < -0.3 is 24.6 Å². The van der Waals surface area contributed by atoms with Crippen molar-refractivity contribution in [2.24, 2.45) is 5.41 Å². The van der Waals surface area contributed by atoms with Crippen LogP contribution in [0.2, 0.25) is 0 Å². The molecule has 4 aromatic rings. The van der Waals surface area contributed by atoms with Crippen molar-refractivity contribution in [2.45, 2.75) is 57.6 Å². The molecule has 3 aliphatic rings. The Bertz CT molecular complexity index is 1640. The molecule has 2 aromatic heterocycles. The van der Waals surface area contributed by atoms with E-state index in [0.29, 0.717) is 68.0 Å². The van der Waals surface area contributed by atoms with Crippen molar-refractivity contribution in [3.63, 3.8) is 0 Å². The first-order valence-corrected chi connectivity index (χ1v) is 16.2.